The van der Waals surface area contributed by atoms with Crippen LogP contribution in [0.4, 0.5) is 0 Å². The van der Waals surface area contributed by atoms with Gasteiger partial charge >= 0.3 is 0 Å². The maximum absolute atomic E-state index is 12.4. The Morgan fingerprint density at radius 1 is 1.43 bits per heavy atom. The lowest BCUT2D eigenvalue weighted by Gasteiger charge is -2.21. The molecule has 124 valence electrons. The Morgan fingerprint density at radius 2 is 2.17 bits per heavy atom. The number of carbonyl (C=O) groups is 2. The van der Waals surface area contributed by atoms with Crippen molar-refractivity contribution in [3.05, 3.63) is 27.3 Å². The third-order valence-corrected chi connectivity index (χ3v) is 5.19. The summed E-state index contributed by atoms with van der Waals surface area (Å²) < 4.78 is 0.564. The first-order chi connectivity index (χ1) is 10.8. The van der Waals surface area contributed by atoms with Crippen molar-refractivity contribution in [2.24, 2.45) is 0 Å². The monoisotopic (exact) mass is 368 g/mol. The van der Waals surface area contributed by atoms with Gasteiger partial charge in [0.05, 0.1) is 4.91 Å². The highest BCUT2D eigenvalue weighted by molar-refractivity contribution is 8.26. The zero-order chi connectivity index (χ0) is 17.0. The van der Waals surface area contributed by atoms with Gasteiger partial charge in [0.1, 0.15) is 4.32 Å². The van der Waals surface area contributed by atoms with Crippen molar-refractivity contribution in [2.45, 2.75) is 39.2 Å². The van der Waals surface area contributed by atoms with Crippen molar-refractivity contribution < 1.29 is 9.59 Å². The van der Waals surface area contributed by atoms with Crippen molar-refractivity contribution in [1.82, 2.24) is 10.2 Å². The topological polar surface area (TPSA) is 49.4 Å². The lowest BCUT2D eigenvalue weighted by atomic mass is 10.1. The van der Waals surface area contributed by atoms with Crippen LogP contribution < -0.4 is 5.32 Å². The van der Waals surface area contributed by atoms with Crippen LogP contribution in [0.15, 0.2) is 22.4 Å². The summed E-state index contributed by atoms with van der Waals surface area (Å²) in [7, 11) is 0. The predicted octanol–water partition coefficient (Wildman–Crippen LogP) is 3.64. The molecule has 0 atom stereocenters. The van der Waals surface area contributed by atoms with E-state index in [1.165, 1.54) is 11.8 Å². The van der Waals surface area contributed by atoms with E-state index >= 15 is 0 Å². The summed E-state index contributed by atoms with van der Waals surface area (Å²) in [5.41, 5.74) is -0.234. The quantitative estimate of drug-likeness (QED) is 0.637. The number of nitrogens with one attached hydrogen (secondary N) is 1. The first kappa shape index (κ1) is 18.2. The maximum Gasteiger partial charge on any atom is 0.266 e. The lowest BCUT2D eigenvalue weighted by molar-refractivity contribution is -0.124. The van der Waals surface area contributed by atoms with E-state index in [-0.39, 0.29) is 17.4 Å². The summed E-state index contributed by atoms with van der Waals surface area (Å²) >= 11 is 8.20. The van der Waals surface area contributed by atoms with E-state index in [1.54, 1.807) is 16.2 Å². The molecule has 0 bridgehead atoms. The molecule has 2 rings (SSSR count). The first-order valence-corrected chi connectivity index (χ1v) is 9.46. The molecule has 1 aliphatic heterocycles. The SMILES string of the molecule is CC(C)(C)NC(=O)CCCN1C(=O)C(=Cc2cccs2)SC1=S. The fourth-order valence-corrected chi connectivity index (χ4v) is 4.11. The van der Waals surface area contributed by atoms with Gasteiger partial charge in [-0.3, -0.25) is 14.5 Å². The second-order valence-corrected chi connectivity index (χ2v) is 8.91. The molecule has 2 heterocycles. The third kappa shape index (κ3) is 5.44. The number of hydrogen-bond acceptors (Lipinski definition) is 5. The summed E-state index contributed by atoms with van der Waals surface area (Å²) in [5.74, 6) is -0.0679. The standard InChI is InChI=1S/C16H20N2O2S3/c1-16(2,3)17-13(19)7-4-8-18-14(20)12(23-15(18)21)10-11-6-5-9-22-11/h5-6,9-10H,4,7-8H2,1-3H3,(H,17,19). The zero-order valence-corrected chi connectivity index (χ0v) is 15.9. The normalized spacial score (nSPS) is 17.2. The third-order valence-electron chi connectivity index (χ3n) is 2.99. The number of hydrogen-bond donors (Lipinski definition) is 1. The van der Waals surface area contributed by atoms with Gasteiger partial charge in [-0.2, -0.15) is 0 Å². The number of carbonyl (C=O) groups excluding carboxylic acids is 2. The minimum absolute atomic E-state index is 0.00271. The van der Waals surface area contributed by atoms with Gasteiger partial charge in [-0.25, -0.2) is 0 Å². The van der Waals surface area contributed by atoms with Gasteiger partial charge in [0.15, 0.2) is 0 Å². The molecule has 1 fully saturated rings. The van der Waals surface area contributed by atoms with Crippen LogP contribution in [0.2, 0.25) is 0 Å². The van der Waals surface area contributed by atoms with Crippen LogP contribution in [0.25, 0.3) is 6.08 Å². The number of rotatable bonds is 5. The Labute approximate surface area is 150 Å². The maximum atomic E-state index is 12.4. The Morgan fingerprint density at radius 3 is 2.78 bits per heavy atom. The Hall–Kier alpha value is -1.18. The smallest absolute Gasteiger partial charge is 0.266 e. The van der Waals surface area contributed by atoms with E-state index < -0.39 is 0 Å². The fraction of sp³-hybridized carbons (Fsp3) is 0.438. The van der Waals surface area contributed by atoms with E-state index in [4.69, 9.17) is 12.2 Å². The van der Waals surface area contributed by atoms with Gasteiger partial charge in [0.2, 0.25) is 5.91 Å². The minimum atomic E-state index is -0.234. The van der Waals surface area contributed by atoms with Crippen molar-refractivity contribution >= 4 is 57.5 Å². The molecule has 23 heavy (non-hydrogen) atoms. The molecule has 0 aliphatic carbocycles. The second-order valence-electron chi connectivity index (χ2n) is 6.25. The van der Waals surface area contributed by atoms with Crippen LogP contribution >= 0.6 is 35.3 Å². The lowest BCUT2D eigenvalue weighted by Crippen LogP contribution is -2.40. The van der Waals surface area contributed by atoms with Crippen LogP contribution in [-0.4, -0.2) is 33.1 Å². The molecule has 0 radical (unpaired) electrons. The molecule has 0 aromatic carbocycles. The number of thiophene rings is 1. The van der Waals surface area contributed by atoms with Gasteiger partial charge in [0.25, 0.3) is 5.91 Å². The fourth-order valence-electron chi connectivity index (χ4n) is 2.07. The average molecular weight is 369 g/mol. The Bertz CT molecular complexity index is 630. The van der Waals surface area contributed by atoms with Crippen LogP contribution in [0.3, 0.4) is 0 Å². The molecule has 7 heteroatoms. The molecule has 1 aliphatic rings. The number of thioether (sulfide) groups is 1. The molecule has 1 aromatic rings. The minimum Gasteiger partial charge on any atom is -0.352 e. The van der Waals surface area contributed by atoms with Gasteiger partial charge in [-0.1, -0.05) is 30.0 Å². The summed E-state index contributed by atoms with van der Waals surface area (Å²) in [6, 6.07) is 3.92. The first-order valence-electron chi connectivity index (χ1n) is 7.36. The highest BCUT2D eigenvalue weighted by Crippen LogP contribution is 2.33. The van der Waals surface area contributed by atoms with Gasteiger partial charge < -0.3 is 5.32 Å². The average Bonchev–Trinajstić information content (AvgIpc) is 3.01. The Balaban J connectivity index is 1.88. The van der Waals surface area contributed by atoms with Crippen LogP contribution in [0, 0.1) is 0 Å². The van der Waals surface area contributed by atoms with E-state index in [2.05, 4.69) is 5.32 Å². The number of thiocarbonyl (C=S) groups is 1. The summed E-state index contributed by atoms with van der Waals surface area (Å²) in [6.45, 7) is 6.32. The highest BCUT2D eigenvalue weighted by atomic mass is 32.2. The molecule has 0 saturated carbocycles. The molecular weight excluding hydrogens is 348 g/mol. The van der Waals surface area contributed by atoms with Crippen molar-refractivity contribution in [1.29, 1.82) is 0 Å². The molecule has 1 N–H and O–H groups in total. The largest absolute Gasteiger partial charge is 0.352 e. The molecule has 0 spiro atoms. The van der Waals surface area contributed by atoms with Gasteiger partial charge in [-0.05, 0) is 44.7 Å². The summed E-state index contributed by atoms with van der Waals surface area (Å²) in [5, 5.41) is 4.89. The van der Waals surface area contributed by atoms with E-state index in [1.807, 2.05) is 44.4 Å². The molecule has 2 amide bonds. The van der Waals surface area contributed by atoms with Crippen molar-refractivity contribution in [3.8, 4) is 0 Å². The highest BCUT2D eigenvalue weighted by Gasteiger charge is 2.31. The summed E-state index contributed by atoms with van der Waals surface area (Å²) in [4.78, 5) is 27.5. The Kier molecular flexibility index (Phi) is 6.00. The van der Waals surface area contributed by atoms with Crippen LogP contribution in [-0.2, 0) is 9.59 Å². The van der Waals surface area contributed by atoms with Crippen molar-refractivity contribution in [2.75, 3.05) is 6.54 Å². The van der Waals surface area contributed by atoms with Crippen molar-refractivity contribution in [3.63, 3.8) is 0 Å². The number of nitrogens with zero attached hydrogens (tertiary/aromatic N) is 1. The second kappa shape index (κ2) is 7.59. The van der Waals surface area contributed by atoms with Crippen LogP contribution in [0.1, 0.15) is 38.5 Å². The molecule has 4 nitrogen and oxygen atoms in total. The molecule has 0 unspecified atom stereocenters. The number of amides is 2. The van der Waals surface area contributed by atoms with Gasteiger partial charge in [0, 0.05) is 23.4 Å². The van der Waals surface area contributed by atoms with Crippen LogP contribution in [0.5, 0.6) is 0 Å². The van der Waals surface area contributed by atoms with E-state index in [9.17, 15) is 9.59 Å². The molecule has 1 aromatic heterocycles. The predicted molar refractivity (Wildman–Crippen MR) is 101 cm³/mol. The van der Waals surface area contributed by atoms with E-state index in [0.29, 0.717) is 28.6 Å². The molecule has 1 saturated heterocycles. The summed E-state index contributed by atoms with van der Waals surface area (Å²) in [6.07, 6.45) is 2.86. The van der Waals surface area contributed by atoms with Gasteiger partial charge in [-0.15, -0.1) is 11.3 Å². The zero-order valence-electron chi connectivity index (χ0n) is 13.4. The van der Waals surface area contributed by atoms with E-state index in [0.717, 1.165) is 4.88 Å². The molecular formula is C16H20N2O2S3.